The quantitative estimate of drug-likeness (QED) is 0.204. The Morgan fingerprint density at radius 2 is 0.744 bits per heavy atom. The summed E-state index contributed by atoms with van der Waals surface area (Å²) in [7, 11) is 0. The maximum atomic E-state index is 12.1. The van der Waals surface area contributed by atoms with Crippen molar-refractivity contribution < 1.29 is 9.67 Å². The van der Waals surface area contributed by atoms with E-state index in [2.05, 4.69) is 108 Å². The van der Waals surface area contributed by atoms with Gasteiger partial charge in [0.05, 0.1) is 5.56 Å². The zero-order valence-corrected chi connectivity index (χ0v) is 23.6. The van der Waals surface area contributed by atoms with Crippen LogP contribution < -0.4 is 4.57 Å². The Morgan fingerprint density at radius 1 is 0.349 bits per heavy atom. The van der Waals surface area contributed by atoms with Crippen LogP contribution in [0, 0.1) is 0 Å². The van der Waals surface area contributed by atoms with Crippen LogP contribution >= 0.6 is 0 Å². The first-order chi connectivity index (χ1) is 21.3. The lowest BCUT2D eigenvalue weighted by Crippen LogP contribution is -2.37. The third kappa shape index (κ3) is 5.11. The second-order valence-electron chi connectivity index (χ2n) is 10.5. The summed E-state index contributed by atoms with van der Waals surface area (Å²) in [5.74, 6) is 0.257. The van der Waals surface area contributed by atoms with Crippen molar-refractivity contribution in [2.75, 3.05) is 0 Å². The normalized spacial score (nSPS) is 10.9. The molecule has 6 aromatic carbocycles. The van der Waals surface area contributed by atoms with Crippen LogP contribution in [-0.4, -0.2) is 5.11 Å². The van der Waals surface area contributed by atoms with Crippen LogP contribution in [0.4, 0.5) is 0 Å². The molecule has 7 rings (SSSR count). The van der Waals surface area contributed by atoms with Crippen LogP contribution in [0.3, 0.4) is 0 Å². The number of aromatic nitrogens is 1. The smallest absolute Gasteiger partial charge is 0.223 e. The maximum Gasteiger partial charge on any atom is 0.223 e. The van der Waals surface area contributed by atoms with Crippen molar-refractivity contribution in [3.63, 3.8) is 0 Å². The van der Waals surface area contributed by atoms with Gasteiger partial charge in [-0.15, -0.1) is 0 Å². The van der Waals surface area contributed by atoms with Crippen LogP contribution in [-0.2, 0) is 0 Å². The lowest BCUT2D eigenvalue weighted by Gasteiger charge is -2.17. The predicted molar refractivity (Wildman–Crippen MR) is 177 cm³/mol. The summed E-state index contributed by atoms with van der Waals surface area (Å²) in [5, 5.41) is 12.1. The van der Waals surface area contributed by atoms with Crippen molar-refractivity contribution in [2.45, 2.75) is 0 Å². The van der Waals surface area contributed by atoms with Crippen LogP contribution in [0.25, 0.3) is 61.6 Å². The molecule has 1 N–H and O–H groups in total. The molecule has 0 aliphatic carbocycles. The van der Waals surface area contributed by atoms with Gasteiger partial charge in [0, 0.05) is 34.9 Å². The minimum atomic E-state index is 0.257. The molecular weight excluding hydrogens is 522 g/mol. The van der Waals surface area contributed by atoms with E-state index in [-0.39, 0.29) is 5.75 Å². The Hall–Kier alpha value is -5.73. The lowest BCUT2D eigenvalue weighted by atomic mass is 9.93. The van der Waals surface area contributed by atoms with Crippen LogP contribution in [0.15, 0.2) is 176 Å². The van der Waals surface area contributed by atoms with Crippen LogP contribution in [0.5, 0.6) is 5.75 Å². The molecule has 0 aliphatic rings. The first-order valence-corrected chi connectivity index (χ1v) is 14.5. The van der Waals surface area contributed by atoms with Gasteiger partial charge < -0.3 is 5.11 Å². The van der Waals surface area contributed by atoms with E-state index in [1.165, 1.54) is 0 Å². The number of hydrogen-bond acceptors (Lipinski definition) is 1. The standard InChI is InChI=1S/C41H29NO/c43-41-36(31-18-8-2-9-19-31)26-27-37(40(41)34-24-14-5-15-25-34)42-38(32-20-10-3-11-21-32)28-35(30-16-6-1-7-17-30)29-39(42)33-22-12-4-13-23-33/h1-29H/p+1. The van der Waals surface area contributed by atoms with Gasteiger partial charge >= 0.3 is 0 Å². The molecular formula is C41H30NO+. The van der Waals surface area contributed by atoms with Gasteiger partial charge in [-0.3, -0.25) is 0 Å². The third-order valence-electron chi connectivity index (χ3n) is 7.86. The molecule has 0 amide bonds. The Bertz CT molecular complexity index is 1930. The number of benzene rings is 6. The second kappa shape index (κ2) is 11.6. The van der Waals surface area contributed by atoms with E-state index in [0.29, 0.717) is 0 Å². The third-order valence-corrected chi connectivity index (χ3v) is 7.86. The fourth-order valence-corrected chi connectivity index (χ4v) is 5.80. The number of pyridine rings is 1. The molecule has 0 fully saturated rings. The van der Waals surface area contributed by atoms with Crippen molar-refractivity contribution >= 4 is 0 Å². The number of phenolic OH excluding ortho intramolecular Hbond substituents is 1. The molecule has 7 aromatic rings. The van der Waals surface area contributed by atoms with Gasteiger partial charge in [-0.05, 0) is 52.6 Å². The summed E-state index contributed by atoms with van der Waals surface area (Å²) in [6.45, 7) is 0. The Morgan fingerprint density at radius 3 is 1.21 bits per heavy atom. The van der Waals surface area contributed by atoms with E-state index < -0.39 is 0 Å². The number of phenols is 1. The molecule has 43 heavy (non-hydrogen) atoms. The summed E-state index contributed by atoms with van der Waals surface area (Å²) in [6, 6.07) is 60.4. The predicted octanol–water partition coefficient (Wildman–Crippen LogP) is 10.0. The van der Waals surface area contributed by atoms with Gasteiger partial charge in [-0.1, -0.05) is 127 Å². The highest BCUT2D eigenvalue weighted by molar-refractivity contribution is 5.87. The van der Waals surface area contributed by atoms with Gasteiger partial charge in [-0.2, -0.15) is 4.57 Å². The van der Waals surface area contributed by atoms with Crippen LogP contribution in [0.2, 0.25) is 0 Å². The summed E-state index contributed by atoms with van der Waals surface area (Å²) in [6.07, 6.45) is 0. The van der Waals surface area contributed by atoms with Crippen molar-refractivity contribution in [2.24, 2.45) is 0 Å². The molecule has 1 heterocycles. The maximum absolute atomic E-state index is 12.1. The van der Waals surface area contributed by atoms with E-state index in [4.69, 9.17) is 0 Å². The van der Waals surface area contributed by atoms with Gasteiger partial charge in [0.25, 0.3) is 0 Å². The van der Waals surface area contributed by atoms with Crippen molar-refractivity contribution in [3.8, 4) is 67.3 Å². The van der Waals surface area contributed by atoms with Gasteiger partial charge in [0.1, 0.15) is 5.75 Å². The Balaban J connectivity index is 1.61. The highest BCUT2D eigenvalue weighted by Gasteiger charge is 2.30. The fraction of sp³-hybridized carbons (Fsp3) is 0. The number of rotatable bonds is 6. The van der Waals surface area contributed by atoms with E-state index >= 15 is 0 Å². The SMILES string of the molecule is Oc1c(-c2ccccc2)ccc(-[n+]2c(-c3ccccc3)cc(-c3ccccc3)cc2-c2ccccc2)c1-c1ccccc1. The van der Waals surface area contributed by atoms with E-state index in [1.807, 2.05) is 72.8 Å². The molecule has 2 heteroatoms. The van der Waals surface area contributed by atoms with Crippen molar-refractivity contribution in [1.29, 1.82) is 0 Å². The molecule has 204 valence electrons. The van der Waals surface area contributed by atoms with Gasteiger partial charge in [0.15, 0.2) is 0 Å². The summed E-state index contributed by atoms with van der Waals surface area (Å²) in [4.78, 5) is 0. The molecule has 0 bridgehead atoms. The van der Waals surface area contributed by atoms with Crippen molar-refractivity contribution in [3.05, 3.63) is 176 Å². The molecule has 0 aliphatic heterocycles. The molecule has 0 saturated carbocycles. The molecule has 0 atom stereocenters. The molecule has 0 spiro atoms. The summed E-state index contributed by atoms with van der Waals surface area (Å²) < 4.78 is 2.30. The average Bonchev–Trinajstić information content (AvgIpc) is 3.09. The highest BCUT2D eigenvalue weighted by Crippen LogP contribution is 2.42. The lowest BCUT2D eigenvalue weighted by molar-refractivity contribution is -0.571. The van der Waals surface area contributed by atoms with Crippen LogP contribution in [0.1, 0.15) is 0 Å². The Kier molecular flexibility index (Phi) is 7.09. The molecule has 2 nitrogen and oxygen atoms in total. The summed E-state index contributed by atoms with van der Waals surface area (Å²) in [5.41, 5.74) is 10.9. The number of nitrogens with zero attached hydrogens (tertiary/aromatic N) is 1. The molecule has 0 saturated heterocycles. The zero-order valence-electron chi connectivity index (χ0n) is 23.6. The van der Waals surface area contributed by atoms with Gasteiger partial charge in [-0.25, -0.2) is 0 Å². The van der Waals surface area contributed by atoms with E-state index in [9.17, 15) is 5.11 Å². The summed E-state index contributed by atoms with van der Waals surface area (Å²) >= 11 is 0. The topological polar surface area (TPSA) is 24.1 Å². The first kappa shape index (κ1) is 26.2. The first-order valence-electron chi connectivity index (χ1n) is 14.5. The van der Waals surface area contributed by atoms with E-state index in [1.54, 1.807) is 0 Å². The Labute approximate surface area is 252 Å². The monoisotopic (exact) mass is 552 g/mol. The fourth-order valence-electron chi connectivity index (χ4n) is 5.80. The molecule has 0 radical (unpaired) electrons. The van der Waals surface area contributed by atoms with Crippen molar-refractivity contribution in [1.82, 2.24) is 0 Å². The highest BCUT2D eigenvalue weighted by atomic mass is 16.3. The number of hydrogen-bond donors (Lipinski definition) is 1. The van der Waals surface area contributed by atoms with E-state index in [0.717, 1.165) is 61.6 Å². The second-order valence-corrected chi connectivity index (χ2v) is 10.5. The average molecular weight is 553 g/mol. The molecule has 0 unspecified atom stereocenters. The largest absolute Gasteiger partial charge is 0.506 e. The number of aromatic hydroxyl groups is 1. The zero-order chi connectivity index (χ0) is 29.0. The van der Waals surface area contributed by atoms with Gasteiger partial charge in [0.2, 0.25) is 17.1 Å². The minimum Gasteiger partial charge on any atom is -0.506 e. The minimum absolute atomic E-state index is 0.257. The molecule has 1 aromatic heterocycles.